The summed E-state index contributed by atoms with van der Waals surface area (Å²) in [7, 11) is 1.67. The maximum Gasteiger partial charge on any atom is 0.214 e. The highest BCUT2D eigenvalue weighted by molar-refractivity contribution is 5.86. The molecule has 0 aliphatic rings. The number of carbonyl (C=O) groups is 1. The molecule has 16 heavy (non-hydrogen) atoms. The Hall–Kier alpha value is -0.640. The number of nitrogens with two attached hydrogens (primary N) is 1. The van der Waals surface area contributed by atoms with Gasteiger partial charge >= 0.3 is 0 Å². The minimum absolute atomic E-state index is 0. The van der Waals surface area contributed by atoms with Gasteiger partial charge in [0, 0.05) is 6.92 Å². The predicted molar refractivity (Wildman–Crippen MR) is 74.3 cm³/mol. The van der Waals surface area contributed by atoms with Crippen molar-refractivity contribution in [2.75, 3.05) is 7.11 Å². The lowest BCUT2D eigenvalue weighted by Crippen LogP contribution is -2.01. The molecule has 1 aromatic carbocycles. The summed E-state index contributed by atoms with van der Waals surface area (Å²) >= 11 is 0. The Balaban J connectivity index is -0.0000000921. The van der Waals surface area contributed by atoms with Crippen LogP contribution < -0.4 is 10.5 Å². The van der Waals surface area contributed by atoms with Crippen molar-refractivity contribution in [1.82, 2.24) is 0 Å². The molecule has 0 bridgehead atoms. The molecule has 0 spiro atoms. The van der Waals surface area contributed by atoms with Crippen molar-refractivity contribution in [3.63, 3.8) is 0 Å². The summed E-state index contributed by atoms with van der Waals surface area (Å²) in [6.45, 7) is 3.36. The molecule has 0 radical (unpaired) electrons. The summed E-state index contributed by atoms with van der Waals surface area (Å²) < 4.78 is 4.97. The lowest BCUT2D eigenvalue weighted by molar-refractivity contribution is -0.115. The number of ether oxygens (including phenoxy) is 1. The summed E-state index contributed by atoms with van der Waals surface area (Å²) in [6.07, 6.45) is 0. The number of benzene rings is 1. The Morgan fingerprint density at radius 1 is 1.12 bits per heavy atom. The van der Waals surface area contributed by atoms with Gasteiger partial charge in [-0.3, -0.25) is 4.79 Å². The van der Waals surface area contributed by atoms with Gasteiger partial charge in [-0.05, 0) is 19.1 Å². The zero-order valence-electron chi connectivity index (χ0n) is 9.43. The number of carbonyl (C=O) groups excluding carboxylic acids is 1. The van der Waals surface area contributed by atoms with Crippen LogP contribution in [0.1, 0.15) is 12.5 Å². The Morgan fingerprint density at radius 3 is 1.69 bits per heavy atom. The molecular formula is C10H18Cl3NO2. The number of hydrogen-bond acceptors (Lipinski definition) is 2. The highest BCUT2D eigenvalue weighted by atomic mass is 35.5. The van der Waals surface area contributed by atoms with E-state index in [1.807, 2.05) is 24.3 Å². The molecule has 0 fully saturated rings. The standard InChI is InChI=1S/C8H10O.C2H5NO.3ClH/c1-7-3-5-8(9-2)6-4-7;1-2(3)4;;;/h3-6H,1-2H3;1H3,(H2,3,4);3*1H. The number of aryl methyl sites for hydroxylation is 1. The van der Waals surface area contributed by atoms with Crippen molar-refractivity contribution in [2.24, 2.45) is 5.73 Å². The zero-order chi connectivity index (χ0) is 10.3. The van der Waals surface area contributed by atoms with Crippen LogP contribution in [0.2, 0.25) is 0 Å². The molecule has 0 atom stereocenters. The number of primary amides is 1. The smallest absolute Gasteiger partial charge is 0.214 e. The van der Waals surface area contributed by atoms with Crippen molar-refractivity contribution in [2.45, 2.75) is 13.8 Å². The van der Waals surface area contributed by atoms with Crippen molar-refractivity contribution in [1.29, 1.82) is 0 Å². The van der Waals surface area contributed by atoms with Crippen LogP contribution in [0.5, 0.6) is 5.75 Å². The van der Waals surface area contributed by atoms with E-state index in [0.717, 1.165) is 5.75 Å². The lowest BCUT2D eigenvalue weighted by Gasteiger charge is -1.97. The number of amides is 1. The van der Waals surface area contributed by atoms with Crippen LogP contribution in [-0.2, 0) is 4.79 Å². The van der Waals surface area contributed by atoms with Gasteiger partial charge in [-0.25, -0.2) is 0 Å². The van der Waals surface area contributed by atoms with E-state index < -0.39 is 0 Å². The first-order valence-electron chi connectivity index (χ1n) is 3.93. The molecule has 0 aliphatic carbocycles. The number of hydrogen-bond donors (Lipinski definition) is 1. The number of methoxy groups -OCH3 is 1. The van der Waals surface area contributed by atoms with Gasteiger partial charge in [-0.1, -0.05) is 17.7 Å². The molecule has 0 saturated heterocycles. The SMILES string of the molecule is CC(N)=O.COc1ccc(C)cc1.Cl.Cl.Cl. The van der Waals surface area contributed by atoms with Crippen LogP contribution in [0.4, 0.5) is 0 Å². The van der Waals surface area contributed by atoms with Crippen LogP contribution >= 0.6 is 37.2 Å². The fourth-order valence-electron chi connectivity index (χ4n) is 0.674. The van der Waals surface area contributed by atoms with E-state index in [2.05, 4.69) is 12.7 Å². The highest BCUT2D eigenvalue weighted by Crippen LogP contribution is 2.09. The van der Waals surface area contributed by atoms with Crippen LogP contribution in [0.25, 0.3) is 0 Å². The molecule has 0 aliphatic heterocycles. The predicted octanol–water partition coefficient (Wildman–Crippen LogP) is 2.76. The third kappa shape index (κ3) is 15.8. The van der Waals surface area contributed by atoms with Crippen LogP contribution in [-0.4, -0.2) is 13.0 Å². The fraction of sp³-hybridized carbons (Fsp3) is 0.300. The second-order valence-corrected chi connectivity index (χ2v) is 2.63. The second kappa shape index (κ2) is 14.4. The third-order valence-electron chi connectivity index (χ3n) is 1.26. The van der Waals surface area contributed by atoms with E-state index >= 15 is 0 Å². The molecule has 0 heterocycles. The average Bonchev–Trinajstić information content (AvgIpc) is 2.05. The first-order valence-corrected chi connectivity index (χ1v) is 3.93. The molecule has 0 aromatic heterocycles. The van der Waals surface area contributed by atoms with Gasteiger partial charge in [0.25, 0.3) is 0 Å². The van der Waals surface area contributed by atoms with Gasteiger partial charge in [0.1, 0.15) is 5.75 Å². The molecule has 1 aromatic rings. The van der Waals surface area contributed by atoms with Gasteiger partial charge in [0.05, 0.1) is 7.11 Å². The van der Waals surface area contributed by atoms with Crippen molar-refractivity contribution in [3.8, 4) is 5.75 Å². The van der Waals surface area contributed by atoms with E-state index in [4.69, 9.17) is 4.74 Å². The lowest BCUT2D eigenvalue weighted by atomic mass is 10.2. The quantitative estimate of drug-likeness (QED) is 0.864. The van der Waals surface area contributed by atoms with Gasteiger partial charge in [-0.2, -0.15) is 0 Å². The Kier molecular flexibility index (Phi) is 22.0. The Labute approximate surface area is 115 Å². The van der Waals surface area contributed by atoms with Crippen LogP contribution in [0.15, 0.2) is 24.3 Å². The summed E-state index contributed by atoms with van der Waals surface area (Å²) in [4.78, 5) is 9.22. The molecule has 2 N–H and O–H groups in total. The number of rotatable bonds is 1. The van der Waals surface area contributed by atoms with Crippen LogP contribution in [0, 0.1) is 6.92 Å². The van der Waals surface area contributed by atoms with E-state index in [1.54, 1.807) is 7.11 Å². The van der Waals surface area contributed by atoms with E-state index in [9.17, 15) is 4.79 Å². The molecule has 3 nitrogen and oxygen atoms in total. The largest absolute Gasteiger partial charge is 0.497 e. The maximum atomic E-state index is 9.22. The molecule has 0 unspecified atom stereocenters. The van der Waals surface area contributed by atoms with Gasteiger partial charge in [0.15, 0.2) is 0 Å². The topological polar surface area (TPSA) is 52.3 Å². The first-order chi connectivity index (χ1) is 6.06. The monoisotopic (exact) mass is 289 g/mol. The van der Waals surface area contributed by atoms with Gasteiger partial charge in [0.2, 0.25) is 5.91 Å². The van der Waals surface area contributed by atoms with Crippen molar-refractivity contribution in [3.05, 3.63) is 29.8 Å². The summed E-state index contributed by atoms with van der Waals surface area (Å²) in [6, 6.07) is 7.96. The van der Waals surface area contributed by atoms with E-state index in [-0.39, 0.29) is 43.1 Å². The molecule has 1 rings (SSSR count). The minimum Gasteiger partial charge on any atom is -0.497 e. The van der Waals surface area contributed by atoms with Crippen LogP contribution in [0.3, 0.4) is 0 Å². The summed E-state index contributed by atoms with van der Waals surface area (Å²) in [5.74, 6) is 0.584. The molecular weight excluding hydrogens is 272 g/mol. The Bertz CT molecular complexity index is 261. The third-order valence-corrected chi connectivity index (χ3v) is 1.26. The average molecular weight is 291 g/mol. The molecule has 0 saturated carbocycles. The molecule has 1 amide bonds. The van der Waals surface area contributed by atoms with Crippen molar-refractivity contribution >= 4 is 43.1 Å². The van der Waals surface area contributed by atoms with Gasteiger partial charge < -0.3 is 10.5 Å². The Morgan fingerprint density at radius 2 is 1.44 bits per heavy atom. The first kappa shape index (κ1) is 24.5. The van der Waals surface area contributed by atoms with E-state index in [0.29, 0.717) is 0 Å². The maximum absolute atomic E-state index is 9.22. The normalized spacial score (nSPS) is 6.69. The summed E-state index contributed by atoms with van der Waals surface area (Å²) in [5, 5.41) is 0. The van der Waals surface area contributed by atoms with E-state index in [1.165, 1.54) is 12.5 Å². The van der Waals surface area contributed by atoms with Gasteiger partial charge in [-0.15, -0.1) is 37.2 Å². The minimum atomic E-state index is -0.333. The molecule has 96 valence electrons. The second-order valence-electron chi connectivity index (χ2n) is 2.63. The zero-order valence-corrected chi connectivity index (χ0v) is 11.9. The highest BCUT2D eigenvalue weighted by Gasteiger charge is 1.85. The summed E-state index contributed by atoms with van der Waals surface area (Å²) in [5.41, 5.74) is 5.73. The fourth-order valence-corrected chi connectivity index (χ4v) is 0.674. The number of halogens is 3. The van der Waals surface area contributed by atoms with Crippen molar-refractivity contribution < 1.29 is 9.53 Å². The molecule has 6 heteroatoms.